The normalized spacial score (nSPS) is 16.0. The number of nitrogens with two attached hydrogens (primary N) is 1. The molecule has 1 atom stereocenters. The van der Waals surface area contributed by atoms with Crippen LogP contribution in [0.25, 0.3) is 10.8 Å². The second-order valence-corrected chi connectivity index (χ2v) is 7.68. The van der Waals surface area contributed by atoms with Crippen LogP contribution in [0.2, 0.25) is 0 Å². The molecule has 4 rings (SSSR count). The molecule has 0 amide bonds. The van der Waals surface area contributed by atoms with Crippen molar-refractivity contribution in [1.29, 1.82) is 0 Å². The summed E-state index contributed by atoms with van der Waals surface area (Å²) in [6.45, 7) is 3.16. The number of rotatable bonds is 6. The first-order chi connectivity index (χ1) is 13.7. The van der Waals surface area contributed by atoms with Gasteiger partial charge in [-0.3, -0.25) is 4.99 Å². The van der Waals surface area contributed by atoms with Crippen molar-refractivity contribution < 1.29 is 9.29 Å². The van der Waals surface area contributed by atoms with Crippen LogP contribution in [0.1, 0.15) is 25.7 Å². The maximum absolute atomic E-state index is 11.2. The van der Waals surface area contributed by atoms with Crippen LogP contribution in [0.4, 0.5) is 11.6 Å². The zero-order valence-corrected chi connectivity index (χ0v) is 16.5. The van der Waals surface area contributed by atoms with Crippen molar-refractivity contribution in [2.75, 3.05) is 36.9 Å². The molecule has 2 aromatic heterocycles. The van der Waals surface area contributed by atoms with E-state index in [4.69, 9.17) is 10.5 Å². The van der Waals surface area contributed by atoms with E-state index < -0.39 is 11.1 Å². The number of nitrogens with one attached hydrogen (secondary N) is 1. The lowest BCUT2D eigenvalue weighted by Gasteiger charge is -2.28. The largest absolute Gasteiger partial charge is 0.548 e. The van der Waals surface area contributed by atoms with Gasteiger partial charge in [0.1, 0.15) is 11.6 Å². The summed E-state index contributed by atoms with van der Waals surface area (Å²) in [5.41, 5.74) is 6.03. The molecular weight excluding hydrogens is 376 g/mol. The van der Waals surface area contributed by atoms with E-state index in [2.05, 4.69) is 29.7 Å². The lowest BCUT2D eigenvalue weighted by atomic mass is 10.1. The average Bonchev–Trinajstić information content (AvgIpc) is 3.05. The number of nitrogens with zero attached hydrogens (tertiary/aromatic N) is 4. The van der Waals surface area contributed by atoms with Crippen molar-refractivity contribution in [1.82, 2.24) is 13.7 Å². The van der Waals surface area contributed by atoms with E-state index in [0.29, 0.717) is 25.1 Å². The van der Waals surface area contributed by atoms with E-state index in [1.54, 1.807) is 0 Å². The van der Waals surface area contributed by atoms with Gasteiger partial charge in [-0.1, -0.05) is 12.1 Å². The quantitative estimate of drug-likeness (QED) is 0.485. The molecule has 148 valence electrons. The zero-order chi connectivity index (χ0) is 19.3. The highest BCUT2D eigenvalue weighted by atomic mass is 32.2. The lowest BCUT2D eigenvalue weighted by molar-refractivity contribution is 0.317. The van der Waals surface area contributed by atoms with Gasteiger partial charge in [0.15, 0.2) is 11.1 Å². The molecule has 0 aliphatic carbocycles. The zero-order valence-electron chi connectivity index (χ0n) is 15.6. The summed E-state index contributed by atoms with van der Waals surface area (Å²) in [5, 5.41) is 2.21. The Labute approximate surface area is 166 Å². The third-order valence-corrected chi connectivity index (χ3v) is 5.57. The number of benzene rings is 1. The van der Waals surface area contributed by atoms with Crippen LogP contribution in [-0.4, -0.2) is 44.5 Å². The molecule has 1 aliphatic rings. The van der Waals surface area contributed by atoms with Crippen LogP contribution in [-0.2, 0) is 0 Å². The first-order valence-corrected chi connectivity index (χ1v) is 10.7. The molecule has 1 aliphatic heterocycles. The lowest BCUT2D eigenvalue weighted by Crippen LogP contribution is -2.30. The van der Waals surface area contributed by atoms with Gasteiger partial charge in [0.05, 0.1) is 6.61 Å². The van der Waals surface area contributed by atoms with E-state index in [1.807, 2.05) is 24.4 Å². The van der Waals surface area contributed by atoms with Crippen molar-refractivity contribution in [3.8, 4) is 5.75 Å². The number of anilines is 2. The molecule has 1 fully saturated rings. The molecule has 3 heterocycles. The van der Waals surface area contributed by atoms with E-state index >= 15 is 0 Å². The summed E-state index contributed by atoms with van der Waals surface area (Å²) < 4.78 is 23.5. The predicted molar refractivity (Wildman–Crippen MR) is 110 cm³/mol. The van der Waals surface area contributed by atoms with Gasteiger partial charge in [0, 0.05) is 47.4 Å². The van der Waals surface area contributed by atoms with Crippen LogP contribution in [0.3, 0.4) is 0 Å². The monoisotopic (exact) mass is 400 g/mol. The standard InChI is InChI=1S/C19H24N6O2S/c20-17-18(24-28(26)23-17)21-9-5-13-27-16-7-4-6-15-14(16)8-10-22-19(15)25-11-2-1-3-12-25/h4,6-8,10H,1-3,5,9,11-13H2,(H2,20,23)(H,21,24). The highest BCUT2D eigenvalue weighted by Crippen LogP contribution is 2.32. The second kappa shape index (κ2) is 8.57. The number of aromatic nitrogens is 3. The number of piperidine rings is 1. The predicted octanol–water partition coefficient (Wildman–Crippen LogP) is 2.63. The third kappa shape index (κ3) is 4.10. The molecule has 1 saturated heterocycles. The van der Waals surface area contributed by atoms with Gasteiger partial charge in [-0.25, -0.2) is 4.98 Å². The summed E-state index contributed by atoms with van der Waals surface area (Å²) in [6, 6.07) is 8.12. The van der Waals surface area contributed by atoms with E-state index in [0.717, 1.165) is 35.4 Å². The number of ether oxygens (including phenoxy) is 1. The Morgan fingerprint density at radius 2 is 2.07 bits per heavy atom. The summed E-state index contributed by atoms with van der Waals surface area (Å²) >= 11 is -1.50. The molecule has 0 spiro atoms. The maximum Gasteiger partial charge on any atom is 0.229 e. The number of pyridine rings is 1. The van der Waals surface area contributed by atoms with Crippen LogP contribution < -0.4 is 20.9 Å². The van der Waals surface area contributed by atoms with Gasteiger partial charge in [0.2, 0.25) is 11.3 Å². The van der Waals surface area contributed by atoms with Crippen LogP contribution >= 0.6 is 11.1 Å². The molecule has 0 bridgehead atoms. The van der Waals surface area contributed by atoms with Gasteiger partial charge >= 0.3 is 0 Å². The molecule has 0 radical (unpaired) electrons. The fourth-order valence-corrected chi connectivity index (χ4v) is 4.13. The Bertz CT molecular complexity index is 1010. The number of aromatic amines is 1. The molecule has 3 aromatic rings. The first kappa shape index (κ1) is 18.7. The maximum atomic E-state index is 11.2. The van der Waals surface area contributed by atoms with Gasteiger partial charge < -0.3 is 19.9 Å². The van der Waals surface area contributed by atoms with Crippen molar-refractivity contribution >= 4 is 33.6 Å². The first-order valence-electron chi connectivity index (χ1n) is 9.55. The molecule has 1 unspecified atom stereocenters. The molecule has 9 heteroatoms. The number of H-pyrrole nitrogens is 1. The minimum Gasteiger partial charge on any atom is -0.548 e. The highest BCUT2D eigenvalue weighted by Gasteiger charge is 2.16. The number of nitrogen functional groups attached to an aromatic ring is 1. The minimum absolute atomic E-state index is 0.186. The molecule has 0 saturated carbocycles. The van der Waals surface area contributed by atoms with E-state index in [1.165, 1.54) is 19.3 Å². The Hall–Kier alpha value is -2.65. The summed E-state index contributed by atoms with van der Waals surface area (Å²) in [5.74, 6) is 2.09. The smallest absolute Gasteiger partial charge is 0.229 e. The van der Waals surface area contributed by atoms with Crippen molar-refractivity contribution in [2.45, 2.75) is 25.7 Å². The molecule has 1 aromatic carbocycles. The second-order valence-electron chi connectivity index (χ2n) is 6.79. The van der Waals surface area contributed by atoms with Crippen LogP contribution in [0.15, 0.2) is 35.5 Å². The Balaban J connectivity index is 1.44. The number of fused-ring (bicyclic) bond motifs is 1. The molecular formula is C19H24N6O2S. The minimum atomic E-state index is -1.50. The fraction of sp³-hybridized carbons (Fsp3) is 0.421. The number of hydrogen-bond acceptors (Lipinski definition) is 7. The molecule has 8 nitrogen and oxygen atoms in total. The number of hydrogen-bond donors (Lipinski definition) is 2. The summed E-state index contributed by atoms with van der Waals surface area (Å²) in [7, 11) is 0. The highest BCUT2D eigenvalue weighted by molar-refractivity contribution is 7.13. The fourth-order valence-electron chi connectivity index (χ4n) is 3.49. The Morgan fingerprint density at radius 3 is 2.86 bits per heavy atom. The topological polar surface area (TPSA) is 115 Å². The van der Waals surface area contributed by atoms with Crippen LogP contribution in [0, 0.1) is 0 Å². The van der Waals surface area contributed by atoms with Crippen molar-refractivity contribution in [3.05, 3.63) is 36.0 Å². The summed E-state index contributed by atoms with van der Waals surface area (Å²) in [6.07, 6.45) is 6.30. The van der Waals surface area contributed by atoms with Gasteiger partial charge in [-0.05, 0) is 31.4 Å². The van der Waals surface area contributed by atoms with Crippen LogP contribution in [0.5, 0.6) is 5.75 Å². The van der Waals surface area contributed by atoms with Gasteiger partial charge in [-0.2, -0.15) is 0 Å². The Morgan fingerprint density at radius 1 is 1.21 bits per heavy atom. The SMILES string of the molecule is Nc1n[s+]([O-])[nH]c1=NCCCOc1cccc2c(N3CCCCC3)nccc12. The molecule has 3 N–H and O–H groups in total. The summed E-state index contributed by atoms with van der Waals surface area (Å²) in [4.78, 5) is 11.3. The van der Waals surface area contributed by atoms with Gasteiger partial charge in [0.25, 0.3) is 0 Å². The van der Waals surface area contributed by atoms with Gasteiger partial charge in [-0.15, -0.1) is 4.37 Å². The Kier molecular flexibility index (Phi) is 5.73. The van der Waals surface area contributed by atoms with Crippen molar-refractivity contribution in [2.24, 2.45) is 4.99 Å². The van der Waals surface area contributed by atoms with E-state index in [-0.39, 0.29) is 5.82 Å². The molecule has 28 heavy (non-hydrogen) atoms. The third-order valence-electron chi connectivity index (χ3n) is 4.84. The van der Waals surface area contributed by atoms with E-state index in [9.17, 15) is 4.55 Å². The average molecular weight is 401 g/mol. The van der Waals surface area contributed by atoms with Crippen molar-refractivity contribution in [3.63, 3.8) is 0 Å².